The molecular formula is C12H10N6S. The number of tetrazole rings is 1. The molecule has 2 heterocycles. The summed E-state index contributed by atoms with van der Waals surface area (Å²) in [4.78, 5) is 8.26. The van der Waals surface area contributed by atoms with E-state index < -0.39 is 0 Å². The van der Waals surface area contributed by atoms with E-state index in [4.69, 9.17) is 0 Å². The van der Waals surface area contributed by atoms with E-state index in [0.29, 0.717) is 5.16 Å². The van der Waals surface area contributed by atoms with Crippen LogP contribution in [0.3, 0.4) is 0 Å². The molecule has 3 rings (SSSR count). The van der Waals surface area contributed by atoms with Crippen LogP contribution in [-0.4, -0.2) is 30.2 Å². The summed E-state index contributed by atoms with van der Waals surface area (Å²) >= 11 is 1.41. The molecule has 94 valence electrons. The van der Waals surface area contributed by atoms with Gasteiger partial charge in [-0.2, -0.15) is 4.68 Å². The summed E-state index contributed by atoms with van der Waals surface area (Å²) in [5.74, 6) is 0. The molecule has 0 saturated carbocycles. The highest BCUT2D eigenvalue weighted by Gasteiger charge is 2.10. The third-order valence-corrected chi connectivity index (χ3v) is 3.29. The Kier molecular flexibility index (Phi) is 3.20. The second kappa shape index (κ2) is 5.15. The van der Waals surface area contributed by atoms with E-state index in [1.165, 1.54) is 18.1 Å². The summed E-state index contributed by atoms with van der Waals surface area (Å²) in [6.45, 7) is 1.92. The maximum atomic E-state index is 4.19. The van der Waals surface area contributed by atoms with E-state index in [-0.39, 0.29) is 0 Å². The summed E-state index contributed by atoms with van der Waals surface area (Å²) in [5, 5.41) is 13.2. The number of hydrogen-bond acceptors (Lipinski definition) is 6. The average Bonchev–Trinajstić information content (AvgIpc) is 2.88. The van der Waals surface area contributed by atoms with E-state index in [2.05, 4.69) is 25.5 Å². The number of aromatic nitrogens is 6. The fourth-order valence-electron chi connectivity index (χ4n) is 1.55. The van der Waals surface area contributed by atoms with Gasteiger partial charge in [0.15, 0.2) is 0 Å². The van der Waals surface area contributed by atoms with Crippen molar-refractivity contribution < 1.29 is 0 Å². The zero-order valence-corrected chi connectivity index (χ0v) is 10.9. The first-order chi connectivity index (χ1) is 9.33. The Morgan fingerprint density at radius 2 is 1.95 bits per heavy atom. The van der Waals surface area contributed by atoms with Crippen molar-refractivity contribution in [3.05, 3.63) is 48.4 Å². The third-order valence-electron chi connectivity index (χ3n) is 2.42. The van der Waals surface area contributed by atoms with Gasteiger partial charge in [0.2, 0.25) is 5.16 Å². The highest BCUT2D eigenvalue weighted by molar-refractivity contribution is 7.99. The fraction of sp³-hybridized carbons (Fsp3) is 0.0833. The van der Waals surface area contributed by atoms with Crippen molar-refractivity contribution >= 4 is 11.8 Å². The second-order valence-electron chi connectivity index (χ2n) is 3.81. The van der Waals surface area contributed by atoms with Gasteiger partial charge in [0.05, 0.1) is 5.69 Å². The van der Waals surface area contributed by atoms with Crippen molar-refractivity contribution in [2.75, 3.05) is 0 Å². The fourth-order valence-corrected chi connectivity index (χ4v) is 2.38. The molecule has 0 aliphatic carbocycles. The molecule has 0 radical (unpaired) electrons. The maximum absolute atomic E-state index is 4.19. The summed E-state index contributed by atoms with van der Waals surface area (Å²) in [6, 6.07) is 11.6. The smallest absolute Gasteiger partial charge is 0.220 e. The van der Waals surface area contributed by atoms with E-state index >= 15 is 0 Å². The van der Waals surface area contributed by atoms with E-state index in [1.54, 1.807) is 4.68 Å². The van der Waals surface area contributed by atoms with Crippen LogP contribution in [0.15, 0.2) is 52.9 Å². The summed E-state index contributed by atoms with van der Waals surface area (Å²) in [5.41, 5.74) is 1.83. The molecule has 7 heteroatoms. The monoisotopic (exact) mass is 270 g/mol. The van der Waals surface area contributed by atoms with Gasteiger partial charge in [-0.15, -0.1) is 5.10 Å². The zero-order chi connectivity index (χ0) is 13.1. The van der Waals surface area contributed by atoms with Crippen LogP contribution in [-0.2, 0) is 0 Å². The lowest BCUT2D eigenvalue weighted by molar-refractivity contribution is 0.755. The van der Waals surface area contributed by atoms with Gasteiger partial charge in [0, 0.05) is 5.69 Å². The topological polar surface area (TPSA) is 69.4 Å². The number of rotatable bonds is 3. The highest BCUT2D eigenvalue weighted by atomic mass is 32.2. The Labute approximate surface area is 113 Å². The lowest BCUT2D eigenvalue weighted by Crippen LogP contribution is -1.98. The highest BCUT2D eigenvalue weighted by Crippen LogP contribution is 2.24. The van der Waals surface area contributed by atoms with Gasteiger partial charge < -0.3 is 0 Å². The van der Waals surface area contributed by atoms with Crippen LogP contribution in [0.4, 0.5) is 0 Å². The Morgan fingerprint density at radius 1 is 1.11 bits per heavy atom. The number of hydrogen-bond donors (Lipinski definition) is 0. The lowest BCUT2D eigenvalue weighted by Gasteiger charge is -2.03. The molecule has 1 aromatic carbocycles. The molecule has 0 amide bonds. The predicted octanol–water partition coefficient (Wildman–Crippen LogP) is 1.91. The molecule has 0 saturated heterocycles. The number of aryl methyl sites for hydroxylation is 1. The minimum atomic E-state index is 0.671. The first-order valence-corrected chi connectivity index (χ1v) is 6.45. The minimum absolute atomic E-state index is 0.671. The summed E-state index contributed by atoms with van der Waals surface area (Å²) < 4.78 is 1.68. The molecule has 0 N–H and O–H groups in total. The summed E-state index contributed by atoms with van der Waals surface area (Å²) in [7, 11) is 0. The van der Waals surface area contributed by atoms with Crippen molar-refractivity contribution in [1.82, 2.24) is 30.2 Å². The molecule has 0 aliphatic heterocycles. The average molecular weight is 270 g/mol. The predicted molar refractivity (Wildman–Crippen MR) is 70.0 cm³/mol. The molecule has 0 bridgehead atoms. The van der Waals surface area contributed by atoms with Crippen LogP contribution < -0.4 is 0 Å². The Hall–Kier alpha value is -2.28. The standard InChI is InChI=1S/C12H10N6S/c1-9-7-11(14-8-13-9)19-12-15-16-17-18(12)10-5-3-2-4-6-10/h2-8H,1H3. The molecule has 2 aromatic heterocycles. The Morgan fingerprint density at radius 3 is 2.74 bits per heavy atom. The van der Waals surface area contributed by atoms with E-state index in [0.717, 1.165) is 16.4 Å². The zero-order valence-electron chi connectivity index (χ0n) is 10.1. The van der Waals surface area contributed by atoms with Crippen molar-refractivity contribution in [3.8, 4) is 5.69 Å². The number of para-hydroxylation sites is 1. The molecular weight excluding hydrogens is 260 g/mol. The van der Waals surface area contributed by atoms with Crippen molar-refractivity contribution in [2.45, 2.75) is 17.1 Å². The first kappa shape index (κ1) is 11.8. The van der Waals surface area contributed by atoms with Crippen LogP contribution in [0.1, 0.15) is 5.69 Å². The van der Waals surface area contributed by atoms with Gasteiger partial charge in [-0.1, -0.05) is 18.2 Å². The minimum Gasteiger partial charge on any atom is -0.242 e. The Balaban J connectivity index is 1.93. The largest absolute Gasteiger partial charge is 0.242 e. The van der Waals surface area contributed by atoms with Gasteiger partial charge in [-0.3, -0.25) is 0 Å². The molecule has 0 unspecified atom stereocenters. The quantitative estimate of drug-likeness (QED) is 0.677. The second-order valence-corrected chi connectivity index (χ2v) is 4.80. The maximum Gasteiger partial charge on any atom is 0.220 e. The third kappa shape index (κ3) is 2.60. The normalized spacial score (nSPS) is 10.6. The summed E-state index contributed by atoms with van der Waals surface area (Å²) in [6.07, 6.45) is 1.54. The molecule has 0 fully saturated rings. The number of nitrogens with zero attached hydrogens (tertiary/aromatic N) is 6. The Bertz CT molecular complexity index is 681. The van der Waals surface area contributed by atoms with Crippen molar-refractivity contribution in [3.63, 3.8) is 0 Å². The molecule has 0 aliphatic rings. The van der Waals surface area contributed by atoms with Crippen molar-refractivity contribution in [1.29, 1.82) is 0 Å². The molecule has 6 nitrogen and oxygen atoms in total. The van der Waals surface area contributed by atoms with E-state index in [1.807, 2.05) is 43.3 Å². The van der Waals surface area contributed by atoms with Gasteiger partial charge in [-0.05, 0) is 47.3 Å². The van der Waals surface area contributed by atoms with Crippen LogP contribution in [0.25, 0.3) is 5.69 Å². The van der Waals surface area contributed by atoms with Crippen molar-refractivity contribution in [2.24, 2.45) is 0 Å². The van der Waals surface area contributed by atoms with Crippen LogP contribution >= 0.6 is 11.8 Å². The SMILES string of the molecule is Cc1cc(Sc2nnnn2-c2ccccc2)ncn1. The van der Waals surface area contributed by atoms with Crippen LogP contribution in [0.5, 0.6) is 0 Å². The lowest BCUT2D eigenvalue weighted by atomic mass is 10.3. The molecule has 19 heavy (non-hydrogen) atoms. The van der Waals surface area contributed by atoms with E-state index in [9.17, 15) is 0 Å². The van der Waals surface area contributed by atoms with Crippen LogP contribution in [0.2, 0.25) is 0 Å². The first-order valence-electron chi connectivity index (χ1n) is 5.63. The van der Waals surface area contributed by atoms with Gasteiger partial charge in [0.1, 0.15) is 11.4 Å². The van der Waals surface area contributed by atoms with Gasteiger partial charge in [-0.25, -0.2) is 9.97 Å². The number of benzene rings is 1. The molecule has 0 spiro atoms. The van der Waals surface area contributed by atoms with Crippen LogP contribution in [0, 0.1) is 6.92 Å². The molecule has 3 aromatic rings. The van der Waals surface area contributed by atoms with Gasteiger partial charge >= 0.3 is 0 Å². The molecule has 0 atom stereocenters. The van der Waals surface area contributed by atoms with Gasteiger partial charge in [0.25, 0.3) is 0 Å².